The molecular weight excluding hydrogens is 430 g/mol. The smallest absolute Gasteiger partial charge is 0.257 e. The van der Waals surface area contributed by atoms with Gasteiger partial charge in [-0.3, -0.25) is 4.79 Å². The van der Waals surface area contributed by atoms with Gasteiger partial charge in [0.05, 0.1) is 32.2 Å². The van der Waals surface area contributed by atoms with E-state index in [1.54, 1.807) is 25.6 Å². The third kappa shape index (κ3) is 4.89. The van der Waals surface area contributed by atoms with Crippen molar-refractivity contribution in [3.05, 3.63) is 84.3 Å². The highest BCUT2D eigenvalue weighted by atomic mass is 16.5. The van der Waals surface area contributed by atoms with Gasteiger partial charge in [0.2, 0.25) is 0 Å². The van der Waals surface area contributed by atoms with Gasteiger partial charge in [0.1, 0.15) is 17.2 Å². The lowest BCUT2D eigenvalue weighted by Gasteiger charge is -2.24. The molecule has 1 N–H and O–H groups in total. The molecule has 1 aliphatic heterocycles. The molecule has 5 rings (SSSR count). The lowest BCUT2D eigenvalue weighted by atomic mass is 9.98. The van der Waals surface area contributed by atoms with Crippen LogP contribution in [-0.4, -0.2) is 49.2 Å². The van der Waals surface area contributed by atoms with Gasteiger partial charge >= 0.3 is 0 Å². The Kier molecular flexibility index (Phi) is 6.44. The van der Waals surface area contributed by atoms with Gasteiger partial charge in [0, 0.05) is 36.3 Å². The number of nitrogens with one attached hydrogen (secondary N) is 1. The molecule has 0 radical (unpaired) electrons. The molecule has 0 saturated carbocycles. The molecule has 0 bridgehead atoms. The number of furan rings is 1. The zero-order valence-corrected chi connectivity index (χ0v) is 19.1. The van der Waals surface area contributed by atoms with Crippen LogP contribution in [0, 0.1) is 5.92 Å². The van der Waals surface area contributed by atoms with Gasteiger partial charge in [0.25, 0.3) is 5.91 Å². The highest BCUT2D eigenvalue weighted by molar-refractivity contribution is 5.99. The van der Waals surface area contributed by atoms with E-state index in [1.165, 1.54) is 5.56 Å². The molecule has 0 aliphatic carbocycles. The molecule has 1 atom stereocenters. The molecule has 1 amide bonds. The average molecular weight is 458 g/mol. The molecule has 2 aromatic carbocycles. The summed E-state index contributed by atoms with van der Waals surface area (Å²) in [6.45, 7) is 2.29. The molecule has 1 fully saturated rings. The maximum atomic E-state index is 13.6. The van der Waals surface area contributed by atoms with E-state index in [1.807, 2.05) is 41.3 Å². The number of aromatic nitrogens is 1. The Bertz CT molecular complexity index is 1270. The number of carbonyl (C=O) groups is 1. The van der Waals surface area contributed by atoms with Gasteiger partial charge in [-0.2, -0.15) is 0 Å². The number of benzene rings is 2. The topological polar surface area (TPSA) is 76.8 Å². The number of nitrogens with zero attached hydrogens (tertiary/aromatic N) is 2. The summed E-state index contributed by atoms with van der Waals surface area (Å²) in [5.74, 6) is 1.43. The molecular formula is C27H27N3O4. The first-order chi connectivity index (χ1) is 16.7. The largest absolute Gasteiger partial charge is 0.497 e. The number of hydrogen-bond donors (Lipinski definition) is 1. The molecule has 3 heterocycles. The van der Waals surface area contributed by atoms with Crippen molar-refractivity contribution in [2.75, 3.05) is 38.7 Å². The highest BCUT2D eigenvalue weighted by Crippen LogP contribution is 2.24. The first-order valence-electron chi connectivity index (χ1n) is 11.4. The predicted octanol–water partition coefficient (Wildman–Crippen LogP) is 4.91. The van der Waals surface area contributed by atoms with Gasteiger partial charge in [0.15, 0.2) is 0 Å². The Balaban J connectivity index is 1.32. The Morgan fingerprint density at radius 2 is 2.06 bits per heavy atom. The quantitative estimate of drug-likeness (QED) is 0.443. The number of fused-ring (bicyclic) bond motifs is 1. The molecule has 0 unspecified atom stereocenters. The number of rotatable bonds is 6. The molecule has 1 aliphatic rings. The second kappa shape index (κ2) is 9.97. The maximum absolute atomic E-state index is 13.6. The lowest BCUT2D eigenvalue weighted by molar-refractivity contribution is 0.0738. The van der Waals surface area contributed by atoms with E-state index < -0.39 is 0 Å². The monoisotopic (exact) mass is 457 g/mol. The first-order valence-corrected chi connectivity index (χ1v) is 11.4. The van der Waals surface area contributed by atoms with Gasteiger partial charge in [-0.25, -0.2) is 4.98 Å². The van der Waals surface area contributed by atoms with Crippen LogP contribution in [0.15, 0.2) is 77.5 Å². The minimum atomic E-state index is -0.0545. The maximum Gasteiger partial charge on any atom is 0.257 e. The molecule has 4 aromatic rings. The second-order valence-corrected chi connectivity index (χ2v) is 8.44. The minimum Gasteiger partial charge on any atom is -0.497 e. The Labute approximate surface area is 198 Å². The fourth-order valence-electron chi connectivity index (χ4n) is 4.31. The molecule has 174 valence electrons. The fourth-order valence-corrected chi connectivity index (χ4v) is 4.31. The number of methoxy groups -OCH3 is 1. The van der Waals surface area contributed by atoms with E-state index in [0.29, 0.717) is 37.7 Å². The van der Waals surface area contributed by atoms with Crippen LogP contribution < -0.4 is 10.1 Å². The number of carbonyl (C=O) groups excluding carboxylic acids is 1. The molecule has 7 heteroatoms. The van der Waals surface area contributed by atoms with Gasteiger partial charge in [-0.05, 0) is 60.5 Å². The number of hydrogen-bond acceptors (Lipinski definition) is 6. The second-order valence-electron chi connectivity index (χ2n) is 8.44. The van der Waals surface area contributed by atoms with Crippen LogP contribution in [0.3, 0.4) is 0 Å². The zero-order chi connectivity index (χ0) is 23.3. The Morgan fingerprint density at radius 3 is 2.91 bits per heavy atom. The number of pyridine rings is 1. The van der Waals surface area contributed by atoms with Crippen LogP contribution in [0.1, 0.15) is 15.9 Å². The van der Waals surface area contributed by atoms with Crippen molar-refractivity contribution in [3.8, 4) is 5.75 Å². The van der Waals surface area contributed by atoms with Crippen molar-refractivity contribution in [3.63, 3.8) is 0 Å². The van der Waals surface area contributed by atoms with Crippen LogP contribution >= 0.6 is 0 Å². The van der Waals surface area contributed by atoms with Crippen LogP contribution in [-0.2, 0) is 11.2 Å². The van der Waals surface area contributed by atoms with Gasteiger partial charge < -0.3 is 24.1 Å². The summed E-state index contributed by atoms with van der Waals surface area (Å²) in [6.07, 6.45) is 4.20. The SMILES string of the molecule is COc1ccc(Nc2ncccc2C(=O)N2CCOC[C@@H](Cc3ccc4ccoc4c3)C2)cc1. The van der Waals surface area contributed by atoms with Crippen LogP contribution in [0.5, 0.6) is 5.75 Å². The summed E-state index contributed by atoms with van der Waals surface area (Å²) in [5, 5.41) is 4.36. The van der Waals surface area contributed by atoms with Crippen LogP contribution in [0.2, 0.25) is 0 Å². The minimum absolute atomic E-state index is 0.0545. The van der Waals surface area contributed by atoms with Crippen molar-refractivity contribution in [1.29, 1.82) is 0 Å². The van der Waals surface area contributed by atoms with Crippen LogP contribution in [0.25, 0.3) is 11.0 Å². The molecule has 34 heavy (non-hydrogen) atoms. The van der Waals surface area contributed by atoms with Crippen molar-refractivity contribution < 1.29 is 18.7 Å². The predicted molar refractivity (Wildman–Crippen MR) is 131 cm³/mol. The summed E-state index contributed by atoms with van der Waals surface area (Å²) in [7, 11) is 1.63. The number of amides is 1. The van der Waals surface area contributed by atoms with E-state index in [-0.39, 0.29) is 11.8 Å². The Morgan fingerprint density at radius 1 is 1.18 bits per heavy atom. The van der Waals surface area contributed by atoms with Crippen LogP contribution in [0.4, 0.5) is 11.5 Å². The van der Waals surface area contributed by atoms with Crippen molar-refractivity contribution >= 4 is 28.4 Å². The van der Waals surface area contributed by atoms with Crippen molar-refractivity contribution in [1.82, 2.24) is 9.88 Å². The summed E-state index contributed by atoms with van der Waals surface area (Å²) < 4.78 is 16.6. The third-order valence-corrected chi connectivity index (χ3v) is 6.06. The first kappa shape index (κ1) is 22.0. The molecule has 7 nitrogen and oxygen atoms in total. The summed E-state index contributed by atoms with van der Waals surface area (Å²) >= 11 is 0. The third-order valence-electron chi connectivity index (χ3n) is 6.06. The molecule has 0 spiro atoms. The Hall–Kier alpha value is -3.84. The van der Waals surface area contributed by atoms with E-state index >= 15 is 0 Å². The standard InChI is InChI=1S/C27H27N3O4/c1-32-23-8-6-22(7-9-23)29-26-24(3-2-11-28-26)27(31)30-12-14-33-18-20(17-30)15-19-4-5-21-10-13-34-25(21)16-19/h2-11,13,16,20H,12,14-15,17-18H2,1H3,(H,28,29)/t20-/m0/s1. The molecule has 2 aromatic heterocycles. The van der Waals surface area contributed by atoms with Crippen molar-refractivity contribution in [2.45, 2.75) is 6.42 Å². The van der Waals surface area contributed by atoms with Gasteiger partial charge in [-0.15, -0.1) is 0 Å². The summed E-state index contributed by atoms with van der Waals surface area (Å²) in [6, 6.07) is 19.3. The van der Waals surface area contributed by atoms with Crippen molar-refractivity contribution in [2.24, 2.45) is 5.92 Å². The lowest BCUT2D eigenvalue weighted by Crippen LogP contribution is -2.36. The summed E-state index contributed by atoms with van der Waals surface area (Å²) in [5.41, 5.74) is 3.42. The zero-order valence-electron chi connectivity index (χ0n) is 19.1. The van der Waals surface area contributed by atoms with Gasteiger partial charge in [-0.1, -0.05) is 12.1 Å². The van der Waals surface area contributed by atoms with E-state index in [9.17, 15) is 4.79 Å². The number of anilines is 2. The average Bonchev–Trinajstić information content (AvgIpc) is 3.21. The van der Waals surface area contributed by atoms with E-state index in [4.69, 9.17) is 13.9 Å². The molecule has 1 saturated heterocycles. The normalized spacial score (nSPS) is 16.3. The van der Waals surface area contributed by atoms with E-state index in [0.717, 1.165) is 28.8 Å². The summed E-state index contributed by atoms with van der Waals surface area (Å²) in [4.78, 5) is 19.9. The van der Waals surface area contributed by atoms with E-state index in [2.05, 4.69) is 28.5 Å². The number of ether oxygens (including phenoxy) is 2. The fraction of sp³-hybridized carbons (Fsp3) is 0.259. The highest BCUT2D eigenvalue weighted by Gasteiger charge is 2.25.